The number of allylic oxidation sites excluding steroid dienone is 1. The first-order valence-electron chi connectivity index (χ1n) is 7.68. The minimum atomic E-state index is -0.124. The monoisotopic (exact) mass is 307 g/mol. The smallest absolute Gasteiger partial charge is 0.255 e. The Morgan fingerprint density at radius 1 is 1.45 bits per heavy atom. The van der Waals surface area contributed by atoms with Gasteiger partial charge in [-0.3, -0.25) is 4.79 Å². The molecule has 1 aromatic rings. The quantitative estimate of drug-likeness (QED) is 0.850. The van der Waals surface area contributed by atoms with E-state index >= 15 is 0 Å². The van der Waals surface area contributed by atoms with Gasteiger partial charge in [-0.2, -0.15) is 0 Å². The molecule has 0 saturated carbocycles. The molecule has 1 fully saturated rings. The normalized spacial score (nSPS) is 21.5. The van der Waals surface area contributed by atoms with Crippen molar-refractivity contribution in [3.05, 3.63) is 34.8 Å². The summed E-state index contributed by atoms with van der Waals surface area (Å²) in [5.41, 5.74) is 1.80. The van der Waals surface area contributed by atoms with Gasteiger partial charge in [-0.25, -0.2) is 0 Å². The predicted molar refractivity (Wildman–Crippen MR) is 84.0 cm³/mol. The summed E-state index contributed by atoms with van der Waals surface area (Å²) in [5, 5.41) is 3.05. The maximum absolute atomic E-state index is 12.4. The van der Waals surface area contributed by atoms with Gasteiger partial charge < -0.3 is 19.2 Å². The van der Waals surface area contributed by atoms with Gasteiger partial charge in [-0.15, -0.1) is 0 Å². The Hall–Kier alpha value is -1.59. The Kier molecular flexibility index (Phi) is 5.80. The molecule has 1 saturated heterocycles. The van der Waals surface area contributed by atoms with Crippen LogP contribution >= 0.6 is 0 Å². The Bertz CT molecular complexity index is 543. The van der Waals surface area contributed by atoms with Crippen LogP contribution in [0.3, 0.4) is 0 Å². The van der Waals surface area contributed by atoms with E-state index in [1.807, 2.05) is 26.8 Å². The lowest BCUT2D eigenvalue weighted by molar-refractivity contribution is -0.0589. The summed E-state index contributed by atoms with van der Waals surface area (Å²) in [4.78, 5) is 12.4. The number of carbonyl (C=O) groups excluding carboxylic acids is 1. The van der Waals surface area contributed by atoms with Crippen LogP contribution in [0.15, 0.2) is 22.1 Å². The summed E-state index contributed by atoms with van der Waals surface area (Å²) in [6, 6.07) is 1.73. The van der Waals surface area contributed by atoms with Gasteiger partial charge in [-0.1, -0.05) is 11.6 Å². The molecule has 0 radical (unpaired) electrons. The molecule has 1 aliphatic heterocycles. The van der Waals surface area contributed by atoms with E-state index in [0.717, 1.165) is 12.2 Å². The number of furan rings is 1. The second-order valence-electron chi connectivity index (χ2n) is 5.92. The van der Waals surface area contributed by atoms with Gasteiger partial charge in [-0.05, 0) is 40.2 Å². The highest BCUT2D eigenvalue weighted by molar-refractivity contribution is 5.95. The van der Waals surface area contributed by atoms with Crippen LogP contribution in [0.1, 0.15) is 42.1 Å². The first kappa shape index (κ1) is 16.8. The average Bonchev–Trinajstić information content (AvgIpc) is 2.79. The van der Waals surface area contributed by atoms with Crippen molar-refractivity contribution < 1.29 is 18.7 Å². The number of hydrogen-bond donors (Lipinski definition) is 1. The van der Waals surface area contributed by atoms with E-state index in [-0.39, 0.29) is 18.1 Å². The largest absolute Gasteiger partial charge is 0.466 e. The molecular weight excluding hydrogens is 282 g/mol. The molecule has 122 valence electrons. The van der Waals surface area contributed by atoms with Crippen molar-refractivity contribution in [1.82, 2.24) is 5.32 Å². The van der Waals surface area contributed by atoms with E-state index in [4.69, 9.17) is 13.9 Å². The van der Waals surface area contributed by atoms with Crippen molar-refractivity contribution in [3.8, 4) is 0 Å². The third-order valence-electron chi connectivity index (χ3n) is 3.71. The van der Waals surface area contributed by atoms with Crippen molar-refractivity contribution in [3.63, 3.8) is 0 Å². The van der Waals surface area contributed by atoms with Crippen molar-refractivity contribution in [2.75, 3.05) is 19.8 Å². The molecule has 5 nitrogen and oxygen atoms in total. The van der Waals surface area contributed by atoms with Crippen molar-refractivity contribution in [1.29, 1.82) is 0 Å². The highest BCUT2D eigenvalue weighted by Gasteiger charge is 2.28. The molecule has 22 heavy (non-hydrogen) atoms. The summed E-state index contributed by atoms with van der Waals surface area (Å²) in [7, 11) is 0. The van der Waals surface area contributed by atoms with Gasteiger partial charge in [0.1, 0.15) is 17.6 Å². The summed E-state index contributed by atoms with van der Waals surface area (Å²) in [6.07, 6.45) is 2.65. The van der Waals surface area contributed by atoms with Gasteiger partial charge in [0.15, 0.2) is 0 Å². The maximum atomic E-state index is 12.4. The first-order chi connectivity index (χ1) is 10.5. The van der Waals surface area contributed by atoms with E-state index in [1.54, 1.807) is 13.0 Å². The molecule has 2 unspecified atom stereocenters. The average molecular weight is 307 g/mol. The third-order valence-corrected chi connectivity index (χ3v) is 3.71. The molecule has 5 heteroatoms. The molecular formula is C17H25NO4. The Morgan fingerprint density at radius 2 is 2.23 bits per heavy atom. The predicted octanol–water partition coefficient (Wildman–Crippen LogP) is 2.77. The van der Waals surface area contributed by atoms with Crippen LogP contribution in [0.5, 0.6) is 0 Å². The van der Waals surface area contributed by atoms with Crippen LogP contribution in [0.2, 0.25) is 0 Å². The fraction of sp³-hybridized carbons (Fsp3) is 0.588. The first-order valence-corrected chi connectivity index (χ1v) is 7.68. The number of ether oxygens (including phenoxy) is 2. The third kappa shape index (κ3) is 4.45. The maximum Gasteiger partial charge on any atom is 0.255 e. The number of hydrogen-bond acceptors (Lipinski definition) is 4. The number of amides is 1. The lowest BCUT2D eigenvalue weighted by Crippen LogP contribution is -2.50. The minimum Gasteiger partial charge on any atom is -0.466 e. The zero-order valence-corrected chi connectivity index (χ0v) is 13.8. The van der Waals surface area contributed by atoms with Crippen molar-refractivity contribution in [2.45, 2.75) is 46.3 Å². The van der Waals surface area contributed by atoms with E-state index in [9.17, 15) is 4.79 Å². The van der Waals surface area contributed by atoms with E-state index in [0.29, 0.717) is 31.1 Å². The number of carbonyl (C=O) groups is 1. The lowest BCUT2D eigenvalue weighted by atomic mass is 10.1. The molecule has 0 bridgehead atoms. The van der Waals surface area contributed by atoms with Crippen LogP contribution in [0.25, 0.3) is 0 Å². The van der Waals surface area contributed by atoms with Gasteiger partial charge in [0, 0.05) is 6.61 Å². The fourth-order valence-corrected chi connectivity index (χ4v) is 2.48. The number of aryl methyl sites for hydroxylation is 2. The Balaban J connectivity index is 1.97. The highest BCUT2D eigenvalue weighted by atomic mass is 16.5. The SMILES string of the molecule is CC(C)=CCOC1COCCC1NC(=O)c1cc(C)oc1C. The van der Waals surface area contributed by atoms with Crippen LogP contribution in [-0.4, -0.2) is 37.9 Å². The molecule has 1 aliphatic rings. The van der Waals surface area contributed by atoms with E-state index < -0.39 is 0 Å². The molecule has 2 atom stereocenters. The minimum absolute atomic E-state index is 0.0404. The second kappa shape index (κ2) is 7.61. The second-order valence-corrected chi connectivity index (χ2v) is 5.92. The van der Waals surface area contributed by atoms with Crippen LogP contribution in [0, 0.1) is 13.8 Å². The zero-order valence-electron chi connectivity index (χ0n) is 13.8. The fourth-order valence-electron chi connectivity index (χ4n) is 2.48. The van der Waals surface area contributed by atoms with Crippen LogP contribution < -0.4 is 5.32 Å². The Morgan fingerprint density at radius 3 is 2.86 bits per heavy atom. The van der Waals surface area contributed by atoms with Gasteiger partial charge in [0.2, 0.25) is 0 Å². The van der Waals surface area contributed by atoms with Crippen molar-refractivity contribution in [2.24, 2.45) is 0 Å². The highest BCUT2D eigenvalue weighted by Crippen LogP contribution is 2.16. The number of rotatable bonds is 5. The molecule has 1 N–H and O–H groups in total. The lowest BCUT2D eigenvalue weighted by Gasteiger charge is -2.31. The molecule has 0 spiro atoms. The van der Waals surface area contributed by atoms with Gasteiger partial charge in [0.05, 0.1) is 24.8 Å². The summed E-state index contributed by atoms with van der Waals surface area (Å²) in [6.45, 7) is 9.38. The van der Waals surface area contributed by atoms with Crippen LogP contribution in [0.4, 0.5) is 0 Å². The molecule has 2 heterocycles. The van der Waals surface area contributed by atoms with E-state index in [1.165, 1.54) is 5.57 Å². The Labute approximate surface area is 131 Å². The molecule has 0 aromatic carbocycles. The summed E-state index contributed by atoms with van der Waals surface area (Å²) < 4.78 is 16.7. The number of nitrogens with one attached hydrogen (secondary N) is 1. The summed E-state index contributed by atoms with van der Waals surface area (Å²) >= 11 is 0. The van der Waals surface area contributed by atoms with E-state index in [2.05, 4.69) is 5.32 Å². The van der Waals surface area contributed by atoms with Crippen LogP contribution in [-0.2, 0) is 9.47 Å². The molecule has 1 amide bonds. The van der Waals surface area contributed by atoms with Gasteiger partial charge in [0.25, 0.3) is 5.91 Å². The van der Waals surface area contributed by atoms with Crippen molar-refractivity contribution >= 4 is 5.91 Å². The zero-order chi connectivity index (χ0) is 16.1. The molecule has 1 aromatic heterocycles. The standard InChI is InChI=1S/C17H25NO4/c1-11(2)5-8-21-16-10-20-7-6-15(16)18-17(19)14-9-12(3)22-13(14)4/h5,9,15-16H,6-8,10H2,1-4H3,(H,18,19). The van der Waals surface area contributed by atoms with Gasteiger partial charge >= 0.3 is 0 Å². The molecule has 0 aliphatic carbocycles. The topological polar surface area (TPSA) is 60.7 Å². The summed E-state index contributed by atoms with van der Waals surface area (Å²) in [5.74, 6) is 1.27. The molecule has 2 rings (SSSR count).